The number of para-hydroxylation sites is 2. The molecule has 1 amide bonds. The van der Waals surface area contributed by atoms with Crippen molar-refractivity contribution in [3.05, 3.63) is 71.5 Å². The van der Waals surface area contributed by atoms with Gasteiger partial charge in [-0.3, -0.25) is 4.79 Å². The summed E-state index contributed by atoms with van der Waals surface area (Å²) in [6.07, 6.45) is 1.62. The molecule has 6 heteroatoms. The van der Waals surface area contributed by atoms with E-state index in [4.69, 9.17) is 4.74 Å². The number of nitrogens with zero attached hydrogens (tertiary/aromatic N) is 3. The molecule has 0 unspecified atom stereocenters. The molecule has 6 nitrogen and oxygen atoms in total. The zero-order valence-corrected chi connectivity index (χ0v) is 15.0. The summed E-state index contributed by atoms with van der Waals surface area (Å²) in [5, 5.41) is 11.3. The van der Waals surface area contributed by atoms with E-state index in [-0.39, 0.29) is 5.91 Å². The van der Waals surface area contributed by atoms with E-state index >= 15 is 0 Å². The van der Waals surface area contributed by atoms with Gasteiger partial charge in [0, 0.05) is 12.1 Å². The van der Waals surface area contributed by atoms with E-state index in [0.29, 0.717) is 12.2 Å². The Morgan fingerprint density at radius 2 is 1.85 bits per heavy atom. The summed E-state index contributed by atoms with van der Waals surface area (Å²) in [5.41, 5.74) is 2.99. The topological polar surface area (TPSA) is 69.0 Å². The highest BCUT2D eigenvalue weighted by Crippen LogP contribution is 2.18. The van der Waals surface area contributed by atoms with Crippen LogP contribution in [-0.4, -0.2) is 28.0 Å². The second-order valence-corrected chi connectivity index (χ2v) is 5.88. The smallest absolute Gasteiger partial charge is 0.274 e. The second-order valence-electron chi connectivity index (χ2n) is 5.88. The van der Waals surface area contributed by atoms with Crippen molar-refractivity contribution >= 4 is 5.91 Å². The maximum absolute atomic E-state index is 12.7. The van der Waals surface area contributed by atoms with E-state index in [2.05, 4.69) is 22.6 Å². The molecule has 1 aromatic heterocycles. The molecular formula is C20H22N4O2. The van der Waals surface area contributed by atoms with Crippen molar-refractivity contribution in [3.63, 3.8) is 0 Å². The third-order valence-corrected chi connectivity index (χ3v) is 4.10. The summed E-state index contributed by atoms with van der Waals surface area (Å²) in [4.78, 5) is 12.7. The predicted molar refractivity (Wildman–Crippen MR) is 99.5 cm³/mol. The quantitative estimate of drug-likeness (QED) is 0.711. The summed E-state index contributed by atoms with van der Waals surface area (Å²) < 4.78 is 7.06. The Balaban J connectivity index is 1.82. The Kier molecular flexibility index (Phi) is 5.63. The first-order valence-corrected chi connectivity index (χ1v) is 8.64. The Hall–Kier alpha value is -3.15. The van der Waals surface area contributed by atoms with Gasteiger partial charge in [-0.2, -0.15) is 0 Å². The van der Waals surface area contributed by atoms with E-state index in [9.17, 15) is 4.79 Å². The van der Waals surface area contributed by atoms with E-state index in [0.717, 1.165) is 35.5 Å². The van der Waals surface area contributed by atoms with Crippen molar-refractivity contribution in [1.82, 2.24) is 20.3 Å². The van der Waals surface area contributed by atoms with Crippen LogP contribution in [-0.2, 0) is 13.0 Å². The van der Waals surface area contributed by atoms with Crippen LogP contribution >= 0.6 is 0 Å². The van der Waals surface area contributed by atoms with E-state index in [1.807, 2.05) is 54.6 Å². The van der Waals surface area contributed by atoms with Gasteiger partial charge in [0.05, 0.1) is 18.5 Å². The van der Waals surface area contributed by atoms with Gasteiger partial charge in [-0.15, -0.1) is 5.10 Å². The van der Waals surface area contributed by atoms with Gasteiger partial charge in [-0.05, 0) is 24.6 Å². The maximum Gasteiger partial charge on any atom is 0.274 e. The normalized spacial score (nSPS) is 10.5. The van der Waals surface area contributed by atoms with Gasteiger partial charge in [-0.25, -0.2) is 4.68 Å². The number of aromatic nitrogens is 3. The van der Waals surface area contributed by atoms with Gasteiger partial charge < -0.3 is 10.1 Å². The van der Waals surface area contributed by atoms with Crippen LogP contribution in [0.25, 0.3) is 5.69 Å². The summed E-state index contributed by atoms with van der Waals surface area (Å²) in [6.45, 7) is 2.44. The second kappa shape index (κ2) is 8.29. The molecule has 134 valence electrons. The highest BCUT2D eigenvalue weighted by atomic mass is 16.5. The number of methoxy groups -OCH3 is 1. The van der Waals surface area contributed by atoms with E-state index in [1.54, 1.807) is 11.8 Å². The highest BCUT2D eigenvalue weighted by Gasteiger charge is 2.20. The van der Waals surface area contributed by atoms with Gasteiger partial charge in [-0.1, -0.05) is 55.0 Å². The standard InChI is InChI=1S/C20H22N4O2/c1-3-9-17-19(22-23-24(17)16-11-5-4-6-12-16)20(25)21-14-15-10-7-8-13-18(15)26-2/h4-8,10-13H,3,9,14H2,1-2H3,(H,21,25). The minimum absolute atomic E-state index is 0.235. The van der Waals surface area contributed by atoms with Gasteiger partial charge in [0.15, 0.2) is 5.69 Å². The van der Waals surface area contributed by atoms with Crippen LogP contribution < -0.4 is 10.1 Å². The first-order valence-electron chi connectivity index (χ1n) is 8.64. The van der Waals surface area contributed by atoms with E-state index < -0.39 is 0 Å². The summed E-state index contributed by atoms with van der Waals surface area (Å²) in [6, 6.07) is 17.3. The summed E-state index contributed by atoms with van der Waals surface area (Å²) in [5.74, 6) is 0.510. The van der Waals surface area contributed by atoms with Crippen molar-refractivity contribution in [2.75, 3.05) is 7.11 Å². The van der Waals surface area contributed by atoms with Crippen molar-refractivity contribution in [3.8, 4) is 11.4 Å². The predicted octanol–water partition coefficient (Wildman–Crippen LogP) is 3.16. The molecule has 0 saturated heterocycles. The lowest BCUT2D eigenvalue weighted by Crippen LogP contribution is -2.25. The van der Waals surface area contributed by atoms with Crippen LogP contribution in [0.5, 0.6) is 5.75 Å². The van der Waals surface area contributed by atoms with Gasteiger partial charge in [0.25, 0.3) is 5.91 Å². The molecule has 1 N–H and O–H groups in total. The lowest BCUT2D eigenvalue weighted by molar-refractivity contribution is 0.0944. The number of rotatable bonds is 7. The largest absolute Gasteiger partial charge is 0.496 e. The molecule has 0 atom stereocenters. The molecule has 0 aliphatic heterocycles. The van der Waals surface area contributed by atoms with Crippen LogP contribution in [0, 0.1) is 0 Å². The molecule has 3 rings (SSSR count). The molecule has 2 aromatic carbocycles. The molecule has 0 bridgehead atoms. The minimum atomic E-state index is -0.235. The number of hydrogen-bond acceptors (Lipinski definition) is 4. The molecule has 3 aromatic rings. The molecule has 26 heavy (non-hydrogen) atoms. The van der Waals surface area contributed by atoms with Crippen LogP contribution in [0.1, 0.15) is 35.1 Å². The Bertz CT molecular complexity index is 875. The fourth-order valence-corrected chi connectivity index (χ4v) is 2.82. The molecule has 1 heterocycles. The SMILES string of the molecule is CCCc1c(C(=O)NCc2ccccc2OC)nnn1-c1ccccc1. The maximum atomic E-state index is 12.7. The van der Waals surface area contributed by atoms with E-state index in [1.165, 1.54) is 0 Å². The number of carbonyl (C=O) groups excluding carboxylic acids is 1. The van der Waals surface area contributed by atoms with Crippen molar-refractivity contribution in [2.45, 2.75) is 26.3 Å². The summed E-state index contributed by atoms with van der Waals surface area (Å²) >= 11 is 0. The van der Waals surface area contributed by atoms with Gasteiger partial charge >= 0.3 is 0 Å². The number of nitrogens with one attached hydrogen (secondary N) is 1. The number of hydrogen-bond donors (Lipinski definition) is 1. The highest BCUT2D eigenvalue weighted by molar-refractivity contribution is 5.93. The van der Waals surface area contributed by atoms with Crippen molar-refractivity contribution in [1.29, 1.82) is 0 Å². The van der Waals surface area contributed by atoms with Crippen LogP contribution in [0.15, 0.2) is 54.6 Å². The third kappa shape index (κ3) is 3.74. The molecular weight excluding hydrogens is 328 g/mol. The molecule has 0 aliphatic rings. The van der Waals surface area contributed by atoms with Crippen LogP contribution in [0.2, 0.25) is 0 Å². The number of amides is 1. The molecule has 0 spiro atoms. The summed E-state index contributed by atoms with van der Waals surface area (Å²) in [7, 11) is 1.62. The van der Waals surface area contributed by atoms with Gasteiger partial charge in [0.1, 0.15) is 5.75 Å². The Morgan fingerprint density at radius 1 is 1.12 bits per heavy atom. The first kappa shape index (κ1) is 17.7. The minimum Gasteiger partial charge on any atom is -0.496 e. The molecule has 0 fully saturated rings. The average molecular weight is 350 g/mol. The van der Waals surface area contributed by atoms with Crippen LogP contribution in [0.3, 0.4) is 0 Å². The third-order valence-electron chi connectivity index (χ3n) is 4.10. The zero-order valence-electron chi connectivity index (χ0n) is 15.0. The van der Waals surface area contributed by atoms with Gasteiger partial charge in [0.2, 0.25) is 0 Å². The lowest BCUT2D eigenvalue weighted by Gasteiger charge is -2.10. The average Bonchev–Trinajstić information content (AvgIpc) is 3.11. The fraction of sp³-hybridized carbons (Fsp3) is 0.250. The molecule has 0 saturated carbocycles. The Morgan fingerprint density at radius 3 is 2.58 bits per heavy atom. The number of carbonyl (C=O) groups is 1. The number of benzene rings is 2. The van der Waals surface area contributed by atoms with Crippen molar-refractivity contribution in [2.24, 2.45) is 0 Å². The van der Waals surface area contributed by atoms with Crippen LogP contribution in [0.4, 0.5) is 0 Å². The number of ether oxygens (including phenoxy) is 1. The molecule has 0 aliphatic carbocycles. The first-order chi connectivity index (χ1) is 12.7. The molecule has 0 radical (unpaired) electrons. The van der Waals surface area contributed by atoms with Crippen molar-refractivity contribution < 1.29 is 9.53 Å². The monoisotopic (exact) mass is 350 g/mol. The fourth-order valence-electron chi connectivity index (χ4n) is 2.82. The lowest BCUT2D eigenvalue weighted by atomic mass is 10.1. The Labute approximate surface area is 152 Å². The zero-order chi connectivity index (χ0) is 18.4.